The quantitative estimate of drug-likeness (QED) is 0.137. The average Bonchev–Trinajstić information content (AvgIpc) is 3.54. The van der Waals surface area contributed by atoms with Gasteiger partial charge in [-0.25, -0.2) is 14.4 Å². The lowest BCUT2D eigenvalue weighted by molar-refractivity contribution is -0.149. The molecule has 4 amide bonds. The Labute approximate surface area is 376 Å². The van der Waals surface area contributed by atoms with Crippen LogP contribution in [0.2, 0.25) is 0 Å². The van der Waals surface area contributed by atoms with Gasteiger partial charge in [0.05, 0.1) is 16.8 Å². The van der Waals surface area contributed by atoms with E-state index in [9.17, 15) is 28.4 Å². The zero-order chi connectivity index (χ0) is 45.0. The van der Waals surface area contributed by atoms with Crippen LogP contribution >= 0.6 is 0 Å². The minimum absolute atomic E-state index is 0.114. The van der Waals surface area contributed by atoms with Gasteiger partial charge in [0, 0.05) is 74.0 Å². The van der Waals surface area contributed by atoms with Crippen molar-refractivity contribution in [1.29, 1.82) is 0 Å². The topological polar surface area (TPSA) is 175 Å². The maximum atomic E-state index is 14.7. The molecule has 7 heterocycles. The molecule has 340 valence electrons. The Morgan fingerprint density at radius 3 is 2.45 bits per heavy atom. The van der Waals surface area contributed by atoms with Gasteiger partial charge in [-0.05, 0) is 130 Å². The van der Waals surface area contributed by atoms with E-state index in [0.29, 0.717) is 41.1 Å². The van der Waals surface area contributed by atoms with E-state index in [2.05, 4.69) is 35.7 Å². The first kappa shape index (κ1) is 42.8. The van der Waals surface area contributed by atoms with Gasteiger partial charge in [0.2, 0.25) is 17.7 Å². The molecule has 2 aromatic carbocycles. The second kappa shape index (κ2) is 17.0. The number of fused-ring (bicyclic) bond motifs is 3. The van der Waals surface area contributed by atoms with E-state index >= 15 is 0 Å². The minimum Gasteiger partial charge on any atom is -0.474 e. The van der Waals surface area contributed by atoms with Crippen LogP contribution in [0, 0.1) is 29.5 Å². The van der Waals surface area contributed by atoms with Gasteiger partial charge in [-0.2, -0.15) is 0 Å². The Kier molecular flexibility index (Phi) is 11.2. The summed E-state index contributed by atoms with van der Waals surface area (Å²) in [5.74, 6) is -0.0871. The van der Waals surface area contributed by atoms with Crippen molar-refractivity contribution in [2.24, 2.45) is 16.7 Å². The molecule has 2 aliphatic carbocycles. The Bertz CT molecular complexity index is 2570. The molecule has 2 saturated carbocycles. The number of aromatic nitrogens is 2. The highest BCUT2D eigenvalue weighted by molar-refractivity contribution is 6.25. The zero-order valence-corrected chi connectivity index (χ0v) is 36.9. The minimum atomic E-state index is -0.946. The van der Waals surface area contributed by atoms with Crippen LogP contribution in [0.3, 0.4) is 0 Å². The molecule has 5 fully saturated rings. The number of rotatable bonds is 8. The largest absolute Gasteiger partial charge is 0.474 e. The van der Waals surface area contributed by atoms with Crippen LogP contribution in [-0.4, -0.2) is 115 Å². The number of piperidine rings is 2. The average molecular weight is 887 g/mol. The van der Waals surface area contributed by atoms with Gasteiger partial charge in [0.15, 0.2) is 0 Å². The number of amides is 4. The smallest absolute Gasteiger partial charge is 0.293 e. The summed E-state index contributed by atoms with van der Waals surface area (Å²) in [5, 5.41) is 10.2. The van der Waals surface area contributed by atoms with Gasteiger partial charge in [0.1, 0.15) is 36.1 Å². The van der Waals surface area contributed by atoms with Crippen LogP contribution < -0.4 is 25.6 Å². The normalized spacial score (nSPS) is 23.3. The fourth-order valence-electron chi connectivity index (χ4n) is 11.5. The summed E-state index contributed by atoms with van der Waals surface area (Å²) in [5.41, 5.74) is 5.23. The van der Waals surface area contributed by atoms with Gasteiger partial charge in [-0.3, -0.25) is 34.2 Å². The molecule has 0 bridgehead atoms. The predicted molar refractivity (Wildman–Crippen MR) is 241 cm³/mol. The lowest BCUT2D eigenvalue weighted by atomic mass is 9.61. The van der Waals surface area contributed by atoms with Crippen molar-refractivity contribution < 1.29 is 37.8 Å². The van der Waals surface area contributed by atoms with Crippen molar-refractivity contribution >= 4 is 58.1 Å². The second-order valence-electron chi connectivity index (χ2n) is 19.3. The summed E-state index contributed by atoms with van der Waals surface area (Å²) in [6, 6.07) is 9.70. The molecular weight excluding hydrogens is 832 g/mol. The molecule has 1 atom stereocenters. The van der Waals surface area contributed by atoms with Crippen molar-refractivity contribution in [1.82, 2.24) is 25.1 Å². The van der Waals surface area contributed by atoms with Gasteiger partial charge >= 0.3 is 0 Å². The van der Waals surface area contributed by atoms with Crippen molar-refractivity contribution in [3.63, 3.8) is 0 Å². The Morgan fingerprint density at radius 1 is 0.923 bits per heavy atom. The molecule has 3 N–H and O–H groups in total. The summed E-state index contributed by atoms with van der Waals surface area (Å²) in [4.78, 5) is 75.8. The van der Waals surface area contributed by atoms with E-state index in [1.165, 1.54) is 51.1 Å². The maximum Gasteiger partial charge on any atom is 0.293 e. The molecule has 65 heavy (non-hydrogen) atoms. The molecular formula is C49H55FN8O7. The molecule has 1 unspecified atom stereocenters. The van der Waals surface area contributed by atoms with Crippen molar-refractivity contribution in [2.45, 2.75) is 83.3 Å². The summed E-state index contributed by atoms with van der Waals surface area (Å²) < 4.78 is 25.4. The van der Waals surface area contributed by atoms with Crippen LogP contribution in [0.15, 0.2) is 48.8 Å². The molecule has 16 heteroatoms. The monoisotopic (exact) mass is 886 g/mol. The third kappa shape index (κ3) is 7.93. The number of anilines is 3. The zero-order valence-electron chi connectivity index (χ0n) is 36.9. The first-order chi connectivity index (χ1) is 31.5. The van der Waals surface area contributed by atoms with Crippen molar-refractivity contribution in [2.75, 3.05) is 68.5 Å². The van der Waals surface area contributed by atoms with Gasteiger partial charge in [0.25, 0.3) is 18.3 Å². The van der Waals surface area contributed by atoms with Crippen molar-refractivity contribution in [3.05, 3.63) is 71.3 Å². The van der Waals surface area contributed by atoms with Crippen LogP contribution in [0.4, 0.5) is 21.6 Å². The van der Waals surface area contributed by atoms with E-state index in [1.807, 2.05) is 38.2 Å². The van der Waals surface area contributed by atoms with Gasteiger partial charge < -0.3 is 29.9 Å². The number of hydrogen-bond acceptors (Lipinski definition) is 13. The van der Waals surface area contributed by atoms with Crippen LogP contribution in [0.1, 0.15) is 90.5 Å². The maximum absolute atomic E-state index is 14.7. The fraction of sp³-hybridized carbons (Fsp3) is 0.490. The lowest BCUT2D eigenvalue weighted by Gasteiger charge is -2.55. The van der Waals surface area contributed by atoms with Gasteiger partial charge in [-0.1, -0.05) is 6.07 Å². The van der Waals surface area contributed by atoms with Crippen LogP contribution in [0.5, 0.6) is 5.88 Å². The first-order valence-corrected chi connectivity index (χ1v) is 23.0. The molecule has 4 aromatic rings. The molecule has 2 aromatic heterocycles. The predicted octanol–water partition coefficient (Wildman–Crippen LogP) is 6.09. The third-order valence-electron chi connectivity index (χ3n) is 15.3. The molecule has 5 aliphatic heterocycles. The number of halogens is 1. The SMILES string of the molecule is CNc1cc2cc(-c3cnc4c(c3C)NCCO4)c(F)cc2cn1.O=COC1CC2(CCN(CC3CCC4(CC3)CN(c3cccc5c3C(=O)N(C3CCC(=O)NC3=O)C5=O)C4)CC2)C1. The number of imide groups is 2. The number of nitrogens with one attached hydrogen (secondary N) is 3. The highest BCUT2D eigenvalue weighted by Gasteiger charge is 2.51. The highest BCUT2D eigenvalue weighted by atomic mass is 19.1. The summed E-state index contributed by atoms with van der Waals surface area (Å²) >= 11 is 0. The van der Waals surface area contributed by atoms with Crippen molar-refractivity contribution in [3.8, 4) is 17.0 Å². The number of ether oxygens (including phenoxy) is 2. The van der Waals surface area contributed by atoms with E-state index < -0.39 is 23.8 Å². The summed E-state index contributed by atoms with van der Waals surface area (Å²) in [6.07, 6.45) is 13.0. The van der Waals surface area contributed by atoms with Crippen LogP contribution in [0.25, 0.3) is 21.9 Å². The molecule has 0 radical (unpaired) electrons. The van der Waals surface area contributed by atoms with E-state index in [-0.39, 0.29) is 36.1 Å². The summed E-state index contributed by atoms with van der Waals surface area (Å²) in [6.45, 7) is 9.07. The highest BCUT2D eigenvalue weighted by Crippen LogP contribution is 2.52. The summed E-state index contributed by atoms with van der Waals surface area (Å²) in [7, 11) is 1.81. The molecule has 7 aliphatic rings. The second-order valence-corrected chi connectivity index (χ2v) is 19.3. The number of likely N-dealkylation sites (tertiary alicyclic amines) is 1. The number of pyridine rings is 2. The fourth-order valence-corrected chi connectivity index (χ4v) is 11.5. The lowest BCUT2D eigenvalue weighted by Crippen LogP contribution is -2.58. The molecule has 3 saturated heterocycles. The molecule has 15 nitrogen and oxygen atoms in total. The Hall–Kier alpha value is -6.16. The number of hydrogen-bond donors (Lipinski definition) is 3. The third-order valence-corrected chi connectivity index (χ3v) is 15.3. The van der Waals surface area contributed by atoms with E-state index in [4.69, 9.17) is 9.47 Å². The Morgan fingerprint density at radius 2 is 1.71 bits per heavy atom. The van der Waals surface area contributed by atoms with E-state index in [0.717, 1.165) is 95.5 Å². The van der Waals surface area contributed by atoms with E-state index in [1.54, 1.807) is 18.5 Å². The van der Waals surface area contributed by atoms with Gasteiger partial charge in [-0.15, -0.1) is 0 Å². The molecule has 2 spiro atoms. The number of benzene rings is 2. The Balaban J connectivity index is 0.000000176. The number of carbonyl (C=O) groups is 5. The molecule has 11 rings (SSSR count). The standard InChI is InChI=1S/C31H38N4O6.C18H17FN4O/c36-19-41-21-14-30(15-21)10-12-33(13-11-30)16-20-6-8-31(9-7-20)17-34(18-31)23-3-1-2-22-26(23)29(40)35(28(22)39)24-4-5-25(37)32-27(24)38;1-10-14(9-23-18-17(10)21-3-4-24-18)13-5-11-7-16(20-2)22-8-12(11)6-15(13)19/h1-3,19-21,24H,4-18H2,(H,32,37,38);5-9,21H,3-4H2,1-2H3,(H,20,22). The van der Waals surface area contributed by atoms with Crippen LogP contribution in [-0.2, 0) is 19.1 Å². The first-order valence-electron chi connectivity index (χ1n) is 23.0. The number of nitrogens with zero attached hydrogens (tertiary/aromatic N) is 5. The number of carbonyl (C=O) groups excluding carboxylic acids is 5.